The fourth-order valence-corrected chi connectivity index (χ4v) is 2.31. The van der Waals surface area contributed by atoms with Gasteiger partial charge >= 0.3 is 12.1 Å². The van der Waals surface area contributed by atoms with Crippen molar-refractivity contribution in [2.45, 2.75) is 18.8 Å². The van der Waals surface area contributed by atoms with Crippen LogP contribution in [0.3, 0.4) is 0 Å². The molecule has 6 nitrogen and oxygen atoms in total. The average molecular weight is 376 g/mol. The van der Waals surface area contributed by atoms with Gasteiger partial charge in [-0.25, -0.2) is 9.18 Å². The summed E-state index contributed by atoms with van der Waals surface area (Å²) < 4.78 is 59.4. The van der Waals surface area contributed by atoms with Crippen molar-refractivity contribution >= 4 is 11.9 Å². The average Bonchev–Trinajstić information content (AvgIpc) is 2.59. The molecule has 0 bridgehead atoms. The molecular formula is C16H16F4N2O4. The minimum Gasteiger partial charge on any atom is -0.489 e. The van der Waals surface area contributed by atoms with Gasteiger partial charge in [-0.1, -0.05) is 0 Å². The molecule has 1 aliphatic rings. The highest BCUT2D eigenvalue weighted by Crippen LogP contribution is 2.28. The standard InChI is InChI=1S/C16H16F4N2O4/c1-22-13(26-15(24)16(18,19)20)5-10-4-11(2-3-12(10)14(22)23)25-8-9(6-17)7-21/h2-4,6,13H,5,7-8,21H2,1H3/b9-6-. The molecule has 142 valence electrons. The van der Waals surface area contributed by atoms with Crippen molar-refractivity contribution in [2.75, 3.05) is 20.2 Å². The molecule has 0 spiro atoms. The van der Waals surface area contributed by atoms with E-state index in [-0.39, 0.29) is 36.5 Å². The number of rotatable bonds is 5. The molecule has 2 N–H and O–H groups in total. The second-order valence-electron chi connectivity index (χ2n) is 5.56. The van der Waals surface area contributed by atoms with Crippen LogP contribution in [0.5, 0.6) is 5.75 Å². The van der Waals surface area contributed by atoms with Gasteiger partial charge in [-0.15, -0.1) is 0 Å². The van der Waals surface area contributed by atoms with Gasteiger partial charge in [0.15, 0.2) is 6.23 Å². The molecule has 1 heterocycles. The molecule has 1 unspecified atom stereocenters. The molecular weight excluding hydrogens is 360 g/mol. The molecule has 0 aliphatic carbocycles. The Morgan fingerprint density at radius 2 is 2.12 bits per heavy atom. The fraction of sp³-hybridized carbons (Fsp3) is 0.375. The van der Waals surface area contributed by atoms with E-state index in [1.54, 1.807) is 0 Å². The summed E-state index contributed by atoms with van der Waals surface area (Å²) in [6, 6.07) is 4.34. The highest BCUT2D eigenvalue weighted by molar-refractivity contribution is 5.97. The first kappa shape index (κ1) is 19.7. The van der Waals surface area contributed by atoms with Crippen molar-refractivity contribution < 1.29 is 36.6 Å². The van der Waals surface area contributed by atoms with Crippen molar-refractivity contribution in [1.82, 2.24) is 4.90 Å². The largest absolute Gasteiger partial charge is 0.491 e. The van der Waals surface area contributed by atoms with Crippen molar-refractivity contribution in [3.63, 3.8) is 0 Å². The maximum Gasteiger partial charge on any atom is 0.491 e. The number of hydrogen-bond acceptors (Lipinski definition) is 5. The Balaban J connectivity index is 2.18. The van der Waals surface area contributed by atoms with E-state index >= 15 is 0 Å². The summed E-state index contributed by atoms with van der Waals surface area (Å²) in [7, 11) is 1.24. The Kier molecular flexibility index (Phi) is 5.86. The van der Waals surface area contributed by atoms with Crippen LogP contribution in [-0.4, -0.2) is 49.4 Å². The van der Waals surface area contributed by atoms with Crippen LogP contribution in [0.1, 0.15) is 15.9 Å². The predicted octanol–water partition coefficient (Wildman–Crippen LogP) is 1.94. The predicted molar refractivity (Wildman–Crippen MR) is 81.9 cm³/mol. The summed E-state index contributed by atoms with van der Waals surface area (Å²) >= 11 is 0. The third kappa shape index (κ3) is 4.31. The lowest BCUT2D eigenvalue weighted by molar-refractivity contribution is -0.210. The van der Waals surface area contributed by atoms with Gasteiger partial charge in [0.2, 0.25) is 0 Å². The van der Waals surface area contributed by atoms with Gasteiger partial charge in [0.1, 0.15) is 12.4 Å². The van der Waals surface area contributed by atoms with E-state index in [2.05, 4.69) is 4.74 Å². The maximum atomic E-state index is 12.5. The van der Waals surface area contributed by atoms with Gasteiger partial charge in [-0.3, -0.25) is 4.79 Å². The lowest BCUT2D eigenvalue weighted by atomic mass is 9.98. The van der Waals surface area contributed by atoms with Crippen LogP contribution in [0.25, 0.3) is 0 Å². The molecule has 1 aliphatic heterocycles. The third-order valence-electron chi connectivity index (χ3n) is 3.77. The minimum atomic E-state index is -5.16. The molecule has 0 fully saturated rings. The van der Waals surface area contributed by atoms with E-state index in [0.717, 1.165) is 4.90 Å². The molecule has 0 aromatic heterocycles. The summed E-state index contributed by atoms with van der Waals surface area (Å²) in [5.41, 5.74) is 6.12. The van der Waals surface area contributed by atoms with Gasteiger partial charge in [0.25, 0.3) is 5.91 Å². The van der Waals surface area contributed by atoms with E-state index in [4.69, 9.17) is 10.5 Å². The summed E-state index contributed by atoms with van der Waals surface area (Å²) in [4.78, 5) is 24.2. The molecule has 0 saturated carbocycles. The number of ether oxygens (including phenoxy) is 2. The zero-order valence-electron chi connectivity index (χ0n) is 13.7. The number of benzene rings is 1. The number of esters is 1. The highest BCUT2D eigenvalue weighted by atomic mass is 19.4. The molecule has 1 aromatic carbocycles. The topological polar surface area (TPSA) is 81.9 Å². The van der Waals surface area contributed by atoms with Crippen molar-refractivity contribution in [3.8, 4) is 5.75 Å². The lowest BCUT2D eigenvalue weighted by Crippen LogP contribution is -2.47. The molecule has 26 heavy (non-hydrogen) atoms. The number of carbonyl (C=O) groups is 2. The Morgan fingerprint density at radius 3 is 2.69 bits per heavy atom. The Hall–Kier alpha value is -2.62. The molecule has 2 rings (SSSR count). The molecule has 0 saturated heterocycles. The van der Waals surface area contributed by atoms with Gasteiger partial charge in [0, 0.05) is 31.1 Å². The summed E-state index contributed by atoms with van der Waals surface area (Å²) in [5.74, 6) is -2.70. The summed E-state index contributed by atoms with van der Waals surface area (Å²) in [6.07, 6.45) is -6.38. The smallest absolute Gasteiger partial charge is 0.489 e. The number of amides is 1. The molecule has 1 atom stereocenters. The van der Waals surface area contributed by atoms with Crippen LogP contribution in [0, 0.1) is 0 Å². The summed E-state index contributed by atoms with van der Waals surface area (Å²) in [5, 5.41) is 0. The van der Waals surface area contributed by atoms with Crippen LogP contribution in [0.15, 0.2) is 30.1 Å². The lowest BCUT2D eigenvalue weighted by Gasteiger charge is -2.33. The molecule has 0 radical (unpaired) electrons. The van der Waals surface area contributed by atoms with Crippen molar-refractivity contribution in [2.24, 2.45) is 5.73 Å². The van der Waals surface area contributed by atoms with E-state index < -0.39 is 24.3 Å². The van der Waals surface area contributed by atoms with E-state index in [1.807, 2.05) is 0 Å². The highest BCUT2D eigenvalue weighted by Gasteiger charge is 2.44. The second-order valence-corrected chi connectivity index (χ2v) is 5.56. The maximum absolute atomic E-state index is 12.5. The van der Waals surface area contributed by atoms with Gasteiger partial charge < -0.3 is 20.1 Å². The number of nitrogens with two attached hydrogens (primary N) is 1. The first-order chi connectivity index (χ1) is 12.2. The number of halogens is 4. The number of likely N-dealkylation sites (N-methyl/N-ethyl adjacent to an activating group) is 1. The zero-order valence-corrected chi connectivity index (χ0v) is 13.7. The van der Waals surface area contributed by atoms with E-state index in [1.165, 1.54) is 25.2 Å². The van der Waals surface area contributed by atoms with E-state index in [0.29, 0.717) is 11.9 Å². The number of nitrogens with zero attached hydrogens (tertiary/aromatic N) is 1. The second kappa shape index (κ2) is 7.73. The summed E-state index contributed by atoms with van der Waals surface area (Å²) in [6.45, 7) is -0.160. The SMILES string of the molecule is CN1C(=O)c2ccc(OC/C(=C\F)CN)cc2CC1OC(=O)C(F)(F)F. The molecule has 1 amide bonds. The number of alkyl halides is 3. The van der Waals surface area contributed by atoms with E-state index in [9.17, 15) is 27.2 Å². The first-order valence-electron chi connectivity index (χ1n) is 7.46. The fourth-order valence-electron chi connectivity index (χ4n) is 2.31. The Morgan fingerprint density at radius 1 is 1.42 bits per heavy atom. The minimum absolute atomic E-state index is 0.0415. The zero-order chi connectivity index (χ0) is 19.5. The van der Waals surface area contributed by atoms with Crippen LogP contribution in [0.2, 0.25) is 0 Å². The molecule has 10 heteroatoms. The first-order valence-corrected chi connectivity index (χ1v) is 7.46. The van der Waals surface area contributed by atoms with Crippen LogP contribution >= 0.6 is 0 Å². The Bertz CT molecular complexity index is 733. The van der Waals surface area contributed by atoms with Gasteiger partial charge in [-0.05, 0) is 23.8 Å². The number of fused-ring (bicyclic) bond motifs is 1. The quantitative estimate of drug-likeness (QED) is 0.627. The van der Waals surface area contributed by atoms with Gasteiger partial charge in [-0.2, -0.15) is 13.2 Å². The Labute approximate surface area is 146 Å². The third-order valence-corrected chi connectivity index (χ3v) is 3.77. The van der Waals surface area contributed by atoms with Crippen LogP contribution in [0.4, 0.5) is 17.6 Å². The van der Waals surface area contributed by atoms with Gasteiger partial charge in [0.05, 0.1) is 6.33 Å². The number of carbonyl (C=O) groups excluding carboxylic acids is 2. The molecule has 1 aromatic rings. The number of hydrogen-bond donors (Lipinski definition) is 1. The van der Waals surface area contributed by atoms with Crippen LogP contribution < -0.4 is 10.5 Å². The van der Waals surface area contributed by atoms with Crippen molar-refractivity contribution in [3.05, 3.63) is 41.2 Å². The normalized spacial score (nSPS) is 17.8. The monoisotopic (exact) mass is 376 g/mol. The van der Waals surface area contributed by atoms with Crippen LogP contribution in [-0.2, 0) is 16.0 Å². The van der Waals surface area contributed by atoms with Crippen molar-refractivity contribution in [1.29, 1.82) is 0 Å².